The maximum atomic E-state index is 11.8. The van der Waals surface area contributed by atoms with E-state index in [9.17, 15) is 4.79 Å². The molecule has 2 aromatic carbocycles. The van der Waals surface area contributed by atoms with E-state index in [1.54, 1.807) is 36.4 Å². The van der Waals surface area contributed by atoms with Crippen molar-refractivity contribution >= 4 is 52.1 Å². The Hall–Kier alpha value is -1.82. The number of benzene rings is 2. The molecule has 22 heavy (non-hydrogen) atoms. The maximum Gasteiger partial charge on any atom is 0.242 e. The molecule has 0 aliphatic rings. The van der Waals surface area contributed by atoms with Crippen molar-refractivity contribution in [1.29, 1.82) is 0 Å². The lowest BCUT2D eigenvalue weighted by atomic mass is 10.1. The van der Waals surface area contributed by atoms with Gasteiger partial charge in [0.15, 0.2) is 5.11 Å². The van der Waals surface area contributed by atoms with Crippen LogP contribution in [0.1, 0.15) is 5.56 Å². The van der Waals surface area contributed by atoms with E-state index in [-0.39, 0.29) is 17.4 Å². The minimum absolute atomic E-state index is 0.163. The fourth-order valence-corrected chi connectivity index (χ4v) is 2.18. The minimum atomic E-state index is -0.242. The zero-order valence-electron chi connectivity index (χ0n) is 11.4. The number of hydrogen-bond acceptors (Lipinski definition) is 2. The third kappa shape index (κ3) is 5.18. The van der Waals surface area contributed by atoms with Gasteiger partial charge in [0, 0.05) is 15.7 Å². The van der Waals surface area contributed by atoms with E-state index in [0.717, 1.165) is 11.3 Å². The number of thiocarbonyl (C=S) groups is 1. The fourth-order valence-electron chi connectivity index (χ4n) is 1.68. The first kappa shape index (κ1) is 16.5. The number of carbonyl (C=O) groups excluding carboxylic acids is 1. The lowest BCUT2D eigenvalue weighted by molar-refractivity contribution is -0.120. The number of rotatable bonds is 3. The monoisotopic (exact) mass is 353 g/mol. The van der Waals surface area contributed by atoms with Crippen molar-refractivity contribution in [3.05, 3.63) is 64.1 Å². The second-order valence-electron chi connectivity index (χ2n) is 4.40. The van der Waals surface area contributed by atoms with E-state index >= 15 is 0 Å². The Kier molecular flexibility index (Phi) is 6.00. The smallest absolute Gasteiger partial charge is 0.242 e. The summed E-state index contributed by atoms with van der Waals surface area (Å²) in [5.41, 5.74) is 6.66. The van der Waals surface area contributed by atoms with Gasteiger partial charge in [-0.15, -0.1) is 0 Å². The number of halogens is 2. The van der Waals surface area contributed by atoms with Crippen molar-refractivity contribution in [3.63, 3.8) is 0 Å². The highest BCUT2D eigenvalue weighted by molar-refractivity contribution is 7.80. The Morgan fingerprint density at radius 1 is 1.00 bits per heavy atom. The topological polar surface area (TPSA) is 53.2 Å². The highest BCUT2D eigenvalue weighted by atomic mass is 35.5. The van der Waals surface area contributed by atoms with Crippen LogP contribution in [-0.4, -0.2) is 11.0 Å². The van der Waals surface area contributed by atoms with Crippen LogP contribution in [0.4, 0.5) is 5.69 Å². The zero-order chi connectivity index (χ0) is 15.9. The standard InChI is InChI=1S/C15H13Cl2N3OS/c16-11-5-7-12(8-6-11)18-15(22)20-19-14(21)9-10-3-1-2-4-13(10)17/h1-8H,9H2,(H,19,21)(H2,18,20,22). The lowest BCUT2D eigenvalue weighted by Crippen LogP contribution is -2.44. The van der Waals surface area contributed by atoms with Gasteiger partial charge < -0.3 is 5.32 Å². The summed E-state index contributed by atoms with van der Waals surface area (Å²) >= 11 is 16.9. The van der Waals surface area contributed by atoms with Crippen molar-refractivity contribution in [2.45, 2.75) is 6.42 Å². The summed E-state index contributed by atoms with van der Waals surface area (Å²) in [6.07, 6.45) is 0.163. The molecule has 0 radical (unpaired) electrons. The SMILES string of the molecule is O=C(Cc1ccccc1Cl)NNC(=S)Nc1ccc(Cl)cc1. The van der Waals surface area contributed by atoms with Crippen LogP contribution in [0.15, 0.2) is 48.5 Å². The van der Waals surface area contributed by atoms with E-state index in [0.29, 0.717) is 10.0 Å². The predicted molar refractivity (Wildman–Crippen MR) is 94.1 cm³/mol. The quantitative estimate of drug-likeness (QED) is 0.583. The molecule has 2 rings (SSSR count). The molecule has 114 valence electrons. The Bertz CT molecular complexity index is 677. The summed E-state index contributed by atoms with van der Waals surface area (Å²) in [7, 11) is 0. The second-order valence-corrected chi connectivity index (χ2v) is 5.65. The lowest BCUT2D eigenvalue weighted by Gasteiger charge is -2.12. The highest BCUT2D eigenvalue weighted by Gasteiger charge is 2.06. The van der Waals surface area contributed by atoms with E-state index in [1.807, 2.05) is 12.1 Å². The molecular weight excluding hydrogens is 341 g/mol. The van der Waals surface area contributed by atoms with Crippen LogP contribution in [0.5, 0.6) is 0 Å². The number of nitrogens with one attached hydrogen (secondary N) is 3. The molecule has 0 unspecified atom stereocenters. The van der Waals surface area contributed by atoms with E-state index in [4.69, 9.17) is 35.4 Å². The van der Waals surface area contributed by atoms with Gasteiger partial charge in [0.2, 0.25) is 5.91 Å². The summed E-state index contributed by atoms with van der Waals surface area (Å²) in [5, 5.41) is 4.39. The van der Waals surface area contributed by atoms with E-state index in [2.05, 4.69) is 16.2 Å². The predicted octanol–water partition coefficient (Wildman–Crippen LogP) is 3.55. The fraction of sp³-hybridized carbons (Fsp3) is 0.0667. The maximum absolute atomic E-state index is 11.8. The number of anilines is 1. The second kappa shape index (κ2) is 7.98. The molecule has 7 heteroatoms. The van der Waals surface area contributed by atoms with Crippen molar-refractivity contribution in [3.8, 4) is 0 Å². The first-order valence-electron chi connectivity index (χ1n) is 6.39. The number of carbonyl (C=O) groups is 1. The molecule has 0 aromatic heterocycles. The van der Waals surface area contributed by atoms with Crippen LogP contribution in [0, 0.1) is 0 Å². The van der Waals surface area contributed by atoms with E-state index in [1.165, 1.54) is 0 Å². The Morgan fingerprint density at radius 3 is 2.36 bits per heavy atom. The molecule has 0 bridgehead atoms. The van der Waals surface area contributed by atoms with Gasteiger partial charge in [0.05, 0.1) is 6.42 Å². The van der Waals surface area contributed by atoms with Crippen molar-refractivity contribution < 1.29 is 4.79 Å². The molecule has 1 amide bonds. The Labute approximate surface area is 143 Å². The van der Waals surface area contributed by atoms with Gasteiger partial charge >= 0.3 is 0 Å². The first-order valence-corrected chi connectivity index (χ1v) is 7.56. The van der Waals surface area contributed by atoms with Gasteiger partial charge in [-0.05, 0) is 48.1 Å². The van der Waals surface area contributed by atoms with Gasteiger partial charge in [-0.3, -0.25) is 15.6 Å². The average molecular weight is 354 g/mol. The Morgan fingerprint density at radius 2 is 1.68 bits per heavy atom. The molecule has 0 saturated carbocycles. The van der Waals surface area contributed by atoms with Gasteiger partial charge in [-0.25, -0.2) is 0 Å². The third-order valence-electron chi connectivity index (χ3n) is 2.73. The van der Waals surface area contributed by atoms with Crippen LogP contribution in [0.2, 0.25) is 10.0 Å². The Balaban J connectivity index is 1.79. The zero-order valence-corrected chi connectivity index (χ0v) is 13.7. The largest absolute Gasteiger partial charge is 0.331 e. The summed E-state index contributed by atoms with van der Waals surface area (Å²) in [5.74, 6) is -0.242. The number of hydrazine groups is 1. The average Bonchev–Trinajstić information content (AvgIpc) is 2.50. The molecule has 0 spiro atoms. The highest BCUT2D eigenvalue weighted by Crippen LogP contribution is 2.15. The summed E-state index contributed by atoms with van der Waals surface area (Å²) < 4.78 is 0. The number of hydrogen-bond donors (Lipinski definition) is 3. The van der Waals surface area contributed by atoms with Crippen LogP contribution >= 0.6 is 35.4 Å². The molecular formula is C15H13Cl2N3OS. The van der Waals surface area contributed by atoms with Gasteiger partial charge in [0.1, 0.15) is 0 Å². The molecule has 0 saturated heterocycles. The van der Waals surface area contributed by atoms with Gasteiger partial charge in [0.25, 0.3) is 0 Å². The molecule has 4 nitrogen and oxygen atoms in total. The summed E-state index contributed by atoms with van der Waals surface area (Å²) in [6.45, 7) is 0. The molecule has 2 aromatic rings. The van der Waals surface area contributed by atoms with Gasteiger partial charge in [-0.2, -0.15) is 0 Å². The van der Waals surface area contributed by atoms with E-state index < -0.39 is 0 Å². The van der Waals surface area contributed by atoms with Crippen molar-refractivity contribution in [1.82, 2.24) is 10.9 Å². The van der Waals surface area contributed by atoms with Gasteiger partial charge in [-0.1, -0.05) is 41.4 Å². The normalized spacial score (nSPS) is 9.91. The summed E-state index contributed by atoms with van der Waals surface area (Å²) in [6, 6.07) is 14.2. The molecule has 0 heterocycles. The van der Waals surface area contributed by atoms with Crippen molar-refractivity contribution in [2.24, 2.45) is 0 Å². The van der Waals surface area contributed by atoms with Crippen LogP contribution < -0.4 is 16.2 Å². The molecule has 0 atom stereocenters. The molecule has 0 fully saturated rings. The molecule has 0 aliphatic heterocycles. The van der Waals surface area contributed by atoms with Crippen molar-refractivity contribution in [2.75, 3.05) is 5.32 Å². The minimum Gasteiger partial charge on any atom is -0.331 e. The van der Waals surface area contributed by atoms with Crippen LogP contribution in [0.3, 0.4) is 0 Å². The van der Waals surface area contributed by atoms with Crippen LogP contribution in [-0.2, 0) is 11.2 Å². The van der Waals surface area contributed by atoms with Crippen LogP contribution in [0.25, 0.3) is 0 Å². The first-order chi connectivity index (χ1) is 10.5. The summed E-state index contributed by atoms with van der Waals surface area (Å²) in [4.78, 5) is 11.8. The number of amides is 1. The molecule has 0 aliphatic carbocycles. The third-order valence-corrected chi connectivity index (χ3v) is 3.55. The molecule has 3 N–H and O–H groups in total.